The first-order valence-electron chi connectivity index (χ1n) is 7.64. The Balaban J connectivity index is 1.83. The Labute approximate surface area is 141 Å². The molecular weight excluding hydrogens is 300 g/mol. The van der Waals surface area contributed by atoms with Crippen molar-refractivity contribution in [1.82, 2.24) is 4.98 Å². The van der Waals surface area contributed by atoms with Gasteiger partial charge in [-0.15, -0.1) is 0 Å². The van der Waals surface area contributed by atoms with Gasteiger partial charge >= 0.3 is 5.97 Å². The van der Waals surface area contributed by atoms with Crippen LogP contribution in [-0.2, 0) is 4.74 Å². The molecular formula is C20H18N2O2. The predicted molar refractivity (Wildman–Crippen MR) is 95.5 cm³/mol. The number of aryl methyl sites for hydroxylation is 1. The molecule has 0 saturated carbocycles. The van der Waals surface area contributed by atoms with E-state index in [2.05, 4.69) is 29.4 Å². The number of hydrogen-bond acceptors (Lipinski definition) is 4. The molecule has 0 aliphatic carbocycles. The summed E-state index contributed by atoms with van der Waals surface area (Å²) < 4.78 is 4.73. The van der Waals surface area contributed by atoms with E-state index < -0.39 is 0 Å². The third-order valence-corrected chi connectivity index (χ3v) is 3.81. The molecule has 0 radical (unpaired) electrons. The number of methoxy groups -OCH3 is 1. The van der Waals surface area contributed by atoms with Crippen LogP contribution >= 0.6 is 0 Å². The van der Waals surface area contributed by atoms with Crippen molar-refractivity contribution < 1.29 is 9.53 Å². The van der Waals surface area contributed by atoms with E-state index in [-0.39, 0.29) is 5.97 Å². The van der Waals surface area contributed by atoms with Gasteiger partial charge < -0.3 is 10.1 Å². The molecule has 0 spiro atoms. The van der Waals surface area contributed by atoms with E-state index in [0.29, 0.717) is 5.56 Å². The number of aromatic nitrogens is 1. The van der Waals surface area contributed by atoms with Crippen LogP contribution in [-0.4, -0.2) is 18.1 Å². The van der Waals surface area contributed by atoms with E-state index >= 15 is 0 Å². The highest BCUT2D eigenvalue weighted by Gasteiger charge is 2.07. The van der Waals surface area contributed by atoms with Gasteiger partial charge in [0.25, 0.3) is 0 Å². The van der Waals surface area contributed by atoms with Crippen LogP contribution in [0.5, 0.6) is 0 Å². The molecule has 0 atom stereocenters. The number of nitrogens with one attached hydrogen (secondary N) is 1. The molecule has 1 aromatic heterocycles. The van der Waals surface area contributed by atoms with Gasteiger partial charge in [-0.25, -0.2) is 4.79 Å². The molecule has 0 bridgehead atoms. The standard InChI is InChI=1S/C20H18N2O2/c1-14-13-18(22-17-9-11-21-12-10-17)7-8-19(14)15-3-5-16(6-4-15)20(23)24-2/h3-13H,1-2H3,(H,21,22). The number of rotatable bonds is 4. The van der Waals surface area contributed by atoms with Crippen molar-refractivity contribution in [1.29, 1.82) is 0 Å². The van der Waals surface area contributed by atoms with Gasteiger partial charge in [0.05, 0.1) is 12.7 Å². The van der Waals surface area contributed by atoms with Crippen molar-refractivity contribution in [2.75, 3.05) is 12.4 Å². The molecule has 120 valence electrons. The average molecular weight is 318 g/mol. The van der Waals surface area contributed by atoms with Crippen LogP contribution in [0.1, 0.15) is 15.9 Å². The third-order valence-electron chi connectivity index (χ3n) is 3.81. The number of ether oxygens (including phenoxy) is 1. The quantitative estimate of drug-likeness (QED) is 0.715. The van der Waals surface area contributed by atoms with E-state index in [9.17, 15) is 4.79 Å². The van der Waals surface area contributed by atoms with Crippen molar-refractivity contribution >= 4 is 17.3 Å². The van der Waals surface area contributed by atoms with Crippen molar-refractivity contribution in [3.63, 3.8) is 0 Å². The Kier molecular flexibility index (Phi) is 4.57. The van der Waals surface area contributed by atoms with Crippen LogP contribution in [0.15, 0.2) is 67.0 Å². The van der Waals surface area contributed by atoms with Crippen LogP contribution in [0.2, 0.25) is 0 Å². The van der Waals surface area contributed by atoms with Crippen molar-refractivity contribution in [2.45, 2.75) is 6.92 Å². The second kappa shape index (κ2) is 6.96. The fourth-order valence-electron chi connectivity index (χ4n) is 2.57. The van der Waals surface area contributed by atoms with Crippen LogP contribution < -0.4 is 5.32 Å². The molecule has 0 amide bonds. The summed E-state index contributed by atoms with van der Waals surface area (Å²) in [5.74, 6) is -0.324. The summed E-state index contributed by atoms with van der Waals surface area (Å²) in [6, 6.07) is 17.5. The first kappa shape index (κ1) is 15.7. The molecule has 4 heteroatoms. The number of carbonyl (C=O) groups is 1. The topological polar surface area (TPSA) is 51.2 Å². The predicted octanol–water partition coefficient (Wildman–Crippen LogP) is 4.59. The number of esters is 1. The largest absolute Gasteiger partial charge is 0.465 e. The Bertz CT molecular complexity index is 843. The monoisotopic (exact) mass is 318 g/mol. The van der Waals surface area contributed by atoms with Crippen LogP contribution in [0.4, 0.5) is 11.4 Å². The van der Waals surface area contributed by atoms with E-state index in [1.807, 2.05) is 30.3 Å². The first-order valence-corrected chi connectivity index (χ1v) is 7.64. The number of hydrogen-bond donors (Lipinski definition) is 1. The van der Waals surface area contributed by atoms with Gasteiger partial charge in [-0.3, -0.25) is 4.98 Å². The number of carbonyl (C=O) groups excluding carboxylic acids is 1. The fraction of sp³-hybridized carbons (Fsp3) is 0.100. The normalized spacial score (nSPS) is 10.2. The number of pyridine rings is 1. The SMILES string of the molecule is COC(=O)c1ccc(-c2ccc(Nc3ccncc3)cc2C)cc1. The molecule has 3 aromatic rings. The lowest BCUT2D eigenvalue weighted by Crippen LogP contribution is -2.00. The summed E-state index contributed by atoms with van der Waals surface area (Å²) in [6.07, 6.45) is 3.51. The lowest BCUT2D eigenvalue weighted by atomic mass is 9.99. The molecule has 0 fully saturated rings. The van der Waals surface area contributed by atoms with Gasteiger partial charge in [-0.2, -0.15) is 0 Å². The zero-order valence-electron chi connectivity index (χ0n) is 13.6. The lowest BCUT2D eigenvalue weighted by Gasteiger charge is -2.11. The summed E-state index contributed by atoms with van der Waals surface area (Å²) in [5.41, 5.74) is 5.92. The molecule has 0 aliphatic heterocycles. The minimum atomic E-state index is -0.324. The van der Waals surface area contributed by atoms with Crippen molar-refractivity contribution in [3.8, 4) is 11.1 Å². The molecule has 0 saturated heterocycles. The maximum atomic E-state index is 11.5. The average Bonchev–Trinajstić information content (AvgIpc) is 2.62. The van der Waals surface area contributed by atoms with Gasteiger partial charge in [-0.1, -0.05) is 18.2 Å². The summed E-state index contributed by atoms with van der Waals surface area (Å²) in [7, 11) is 1.38. The lowest BCUT2D eigenvalue weighted by molar-refractivity contribution is 0.0601. The molecule has 3 rings (SSSR count). The maximum absolute atomic E-state index is 11.5. The first-order chi connectivity index (χ1) is 11.7. The van der Waals surface area contributed by atoms with Gasteiger partial charge in [0, 0.05) is 23.8 Å². The molecule has 1 N–H and O–H groups in total. The highest BCUT2D eigenvalue weighted by atomic mass is 16.5. The van der Waals surface area contributed by atoms with Crippen LogP contribution in [0.3, 0.4) is 0 Å². The van der Waals surface area contributed by atoms with Crippen LogP contribution in [0, 0.1) is 6.92 Å². The second-order valence-corrected chi connectivity index (χ2v) is 5.46. The van der Waals surface area contributed by atoms with Gasteiger partial charge in [0.1, 0.15) is 0 Å². The summed E-state index contributed by atoms with van der Waals surface area (Å²) in [4.78, 5) is 15.5. The molecule has 0 unspecified atom stereocenters. The molecule has 24 heavy (non-hydrogen) atoms. The van der Waals surface area contributed by atoms with Crippen LogP contribution in [0.25, 0.3) is 11.1 Å². The Hall–Kier alpha value is -3.14. The Morgan fingerprint density at radius 1 is 0.958 bits per heavy atom. The summed E-state index contributed by atoms with van der Waals surface area (Å²) in [5, 5.41) is 3.35. The number of benzene rings is 2. The Morgan fingerprint density at radius 3 is 2.29 bits per heavy atom. The van der Waals surface area contributed by atoms with E-state index in [0.717, 1.165) is 28.1 Å². The number of nitrogens with zero attached hydrogens (tertiary/aromatic N) is 1. The minimum absolute atomic E-state index is 0.324. The van der Waals surface area contributed by atoms with Gasteiger partial charge in [0.15, 0.2) is 0 Å². The number of anilines is 2. The fourth-order valence-corrected chi connectivity index (χ4v) is 2.57. The Morgan fingerprint density at radius 2 is 1.67 bits per heavy atom. The smallest absolute Gasteiger partial charge is 0.337 e. The highest BCUT2D eigenvalue weighted by molar-refractivity contribution is 5.90. The summed E-state index contributed by atoms with van der Waals surface area (Å²) in [6.45, 7) is 2.07. The van der Waals surface area contributed by atoms with E-state index in [4.69, 9.17) is 4.74 Å². The van der Waals surface area contributed by atoms with E-state index in [1.54, 1.807) is 24.5 Å². The zero-order chi connectivity index (χ0) is 16.9. The summed E-state index contributed by atoms with van der Waals surface area (Å²) >= 11 is 0. The molecule has 2 aromatic carbocycles. The molecule has 4 nitrogen and oxygen atoms in total. The second-order valence-electron chi connectivity index (χ2n) is 5.46. The molecule has 1 heterocycles. The minimum Gasteiger partial charge on any atom is -0.465 e. The van der Waals surface area contributed by atoms with Crippen molar-refractivity contribution in [2.24, 2.45) is 0 Å². The molecule has 0 aliphatic rings. The zero-order valence-corrected chi connectivity index (χ0v) is 13.6. The maximum Gasteiger partial charge on any atom is 0.337 e. The van der Waals surface area contributed by atoms with Crippen molar-refractivity contribution in [3.05, 3.63) is 78.1 Å². The van der Waals surface area contributed by atoms with Gasteiger partial charge in [-0.05, 0) is 60.0 Å². The highest BCUT2D eigenvalue weighted by Crippen LogP contribution is 2.27. The third kappa shape index (κ3) is 3.43. The van der Waals surface area contributed by atoms with Gasteiger partial charge in [0.2, 0.25) is 0 Å². The van der Waals surface area contributed by atoms with E-state index in [1.165, 1.54) is 7.11 Å².